The van der Waals surface area contributed by atoms with E-state index in [1.807, 2.05) is 17.8 Å². The van der Waals surface area contributed by atoms with Crippen LogP contribution >= 0.6 is 0 Å². The average molecular weight is 387 g/mol. The van der Waals surface area contributed by atoms with Crippen molar-refractivity contribution in [2.45, 2.75) is 83.2 Å². The summed E-state index contributed by atoms with van der Waals surface area (Å²) in [4.78, 5) is 29.7. The highest BCUT2D eigenvalue weighted by atomic mass is 16.2. The van der Waals surface area contributed by atoms with Crippen molar-refractivity contribution in [3.63, 3.8) is 0 Å². The van der Waals surface area contributed by atoms with Crippen LogP contribution < -0.4 is 10.6 Å². The molecule has 0 aliphatic heterocycles. The molecule has 0 radical (unpaired) electrons. The van der Waals surface area contributed by atoms with Gasteiger partial charge in [0.1, 0.15) is 0 Å². The number of nitrogens with one attached hydrogen (secondary N) is 2. The lowest BCUT2D eigenvalue weighted by Crippen LogP contribution is -2.49. The van der Waals surface area contributed by atoms with Gasteiger partial charge in [0.05, 0.1) is 6.33 Å². The van der Waals surface area contributed by atoms with Gasteiger partial charge >= 0.3 is 0 Å². The molecule has 6 heteroatoms. The molecule has 6 nitrogen and oxygen atoms in total. The molecule has 4 rings (SSSR count). The Hall–Kier alpha value is -1.85. The third kappa shape index (κ3) is 3.83. The van der Waals surface area contributed by atoms with Crippen LogP contribution in [-0.2, 0) is 16.6 Å². The molecule has 0 unspecified atom stereocenters. The van der Waals surface area contributed by atoms with Gasteiger partial charge in [0.2, 0.25) is 11.8 Å². The van der Waals surface area contributed by atoms with Gasteiger partial charge in [-0.3, -0.25) is 9.59 Å². The first-order chi connectivity index (χ1) is 13.4. The summed E-state index contributed by atoms with van der Waals surface area (Å²) in [6.07, 6.45) is 11.6. The molecular formula is C22H34N4O2. The molecule has 28 heavy (non-hydrogen) atoms. The van der Waals surface area contributed by atoms with Crippen molar-refractivity contribution in [3.05, 3.63) is 18.2 Å². The minimum Gasteiger partial charge on any atom is -0.353 e. The van der Waals surface area contributed by atoms with Crippen LogP contribution in [0.25, 0.3) is 0 Å². The maximum absolute atomic E-state index is 12.9. The molecule has 3 aliphatic carbocycles. The summed E-state index contributed by atoms with van der Waals surface area (Å²) in [7, 11) is 1.98. The molecule has 154 valence electrons. The van der Waals surface area contributed by atoms with Gasteiger partial charge in [0.25, 0.3) is 0 Å². The topological polar surface area (TPSA) is 76.0 Å². The largest absolute Gasteiger partial charge is 0.353 e. The molecule has 1 aromatic heterocycles. The van der Waals surface area contributed by atoms with Gasteiger partial charge in [0, 0.05) is 48.3 Å². The van der Waals surface area contributed by atoms with Crippen LogP contribution in [0.1, 0.15) is 76.8 Å². The third-order valence-corrected chi connectivity index (χ3v) is 7.07. The zero-order chi connectivity index (χ0) is 19.9. The summed E-state index contributed by atoms with van der Waals surface area (Å²) in [5, 5.41) is 6.55. The minimum absolute atomic E-state index is 0.0772. The zero-order valence-corrected chi connectivity index (χ0v) is 17.4. The molecule has 4 atom stereocenters. The second kappa shape index (κ2) is 7.53. The Kier molecular flexibility index (Phi) is 5.23. The number of hydrogen-bond acceptors (Lipinski definition) is 3. The van der Waals surface area contributed by atoms with Gasteiger partial charge in [-0.25, -0.2) is 4.98 Å². The van der Waals surface area contributed by atoms with E-state index in [9.17, 15) is 9.59 Å². The van der Waals surface area contributed by atoms with E-state index >= 15 is 0 Å². The van der Waals surface area contributed by atoms with Crippen molar-refractivity contribution < 1.29 is 9.59 Å². The highest BCUT2D eigenvalue weighted by molar-refractivity contribution is 5.84. The molecule has 1 aromatic rings. The van der Waals surface area contributed by atoms with E-state index in [4.69, 9.17) is 0 Å². The van der Waals surface area contributed by atoms with Crippen molar-refractivity contribution in [1.29, 1.82) is 0 Å². The van der Waals surface area contributed by atoms with E-state index in [0.717, 1.165) is 50.6 Å². The van der Waals surface area contributed by atoms with Gasteiger partial charge in [-0.2, -0.15) is 0 Å². The third-order valence-electron chi connectivity index (χ3n) is 7.07. The molecule has 0 spiro atoms. The zero-order valence-electron chi connectivity index (χ0n) is 17.4. The normalized spacial score (nSPS) is 30.7. The van der Waals surface area contributed by atoms with Gasteiger partial charge in [0.15, 0.2) is 0 Å². The number of nitrogens with zero attached hydrogens (tertiary/aromatic N) is 2. The molecule has 0 bridgehead atoms. The van der Waals surface area contributed by atoms with Crippen LogP contribution in [0.2, 0.25) is 0 Å². The van der Waals surface area contributed by atoms with Gasteiger partial charge < -0.3 is 15.2 Å². The number of hydrogen-bond donors (Lipinski definition) is 2. The maximum atomic E-state index is 12.9. The molecular weight excluding hydrogens is 352 g/mol. The molecule has 3 saturated carbocycles. The highest BCUT2D eigenvalue weighted by Gasteiger charge is 2.47. The first-order valence-electron chi connectivity index (χ1n) is 11.0. The van der Waals surface area contributed by atoms with Gasteiger partial charge in [-0.1, -0.05) is 20.3 Å². The van der Waals surface area contributed by atoms with E-state index in [1.54, 1.807) is 6.33 Å². The molecule has 3 aliphatic rings. The van der Waals surface area contributed by atoms with Gasteiger partial charge in [-0.05, 0) is 50.9 Å². The number of rotatable bonds is 7. The lowest BCUT2D eigenvalue weighted by atomic mass is 9.64. The summed E-state index contributed by atoms with van der Waals surface area (Å²) < 4.78 is 2.01. The van der Waals surface area contributed by atoms with Crippen LogP contribution in [0, 0.1) is 17.3 Å². The molecule has 1 heterocycles. The monoisotopic (exact) mass is 386 g/mol. The van der Waals surface area contributed by atoms with E-state index in [-0.39, 0.29) is 35.2 Å². The molecule has 2 N–H and O–H groups in total. The van der Waals surface area contributed by atoms with E-state index in [1.165, 1.54) is 6.42 Å². The number of amides is 2. The van der Waals surface area contributed by atoms with E-state index < -0.39 is 0 Å². The highest BCUT2D eigenvalue weighted by Crippen LogP contribution is 2.48. The van der Waals surface area contributed by atoms with Crippen LogP contribution in [0.5, 0.6) is 0 Å². The first-order valence-corrected chi connectivity index (χ1v) is 11.0. The standard InChI is InChI=1S/C22H34N4O2/c1-14(2)11-22(7-4-8-22)21(28)25-16-6-5-15(9-16)24-20(27)18-10-17(18)19-12-23-13-26(19)3/h12-18H,4-11H2,1-3H3,(H,24,27)(H,25,28)/t15-,16+,17+,18+/m0/s1. The Labute approximate surface area is 167 Å². The molecule has 3 fully saturated rings. The minimum atomic E-state index is -0.125. The summed E-state index contributed by atoms with van der Waals surface area (Å²) in [6.45, 7) is 4.40. The van der Waals surface area contributed by atoms with Gasteiger partial charge in [-0.15, -0.1) is 0 Å². The van der Waals surface area contributed by atoms with Crippen LogP contribution in [0.3, 0.4) is 0 Å². The molecule has 0 aromatic carbocycles. The smallest absolute Gasteiger partial charge is 0.226 e. The number of carbonyl (C=O) groups excluding carboxylic acids is 2. The fourth-order valence-corrected chi connectivity index (χ4v) is 5.34. The van der Waals surface area contributed by atoms with Crippen LogP contribution in [0.4, 0.5) is 0 Å². The quantitative estimate of drug-likeness (QED) is 0.756. The van der Waals surface area contributed by atoms with Crippen LogP contribution in [0.15, 0.2) is 12.5 Å². The lowest BCUT2D eigenvalue weighted by Gasteiger charge is -2.42. The number of aromatic nitrogens is 2. The molecule has 0 saturated heterocycles. The van der Waals surface area contributed by atoms with Crippen molar-refractivity contribution in [1.82, 2.24) is 20.2 Å². The Bertz CT molecular complexity index is 737. The Morgan fingerprint density at radius 2 is 1.93 bits per heavy atom. The number of imidazole rings is 1. The summed E-state index contributed by atoms with van der Waals surface area (Å²) in [5.74, 6) is 1.35. The second-order valence-electron chi connectivity index (χ2n) is 9.80. The Morgan fingerprint density at radius 1 is 1.21 bits per heavy atom. The van der Waals surface area contributed by atoms with Crippen LogP contribution in [-0.4, -0.2) is 33.4 Å². The fourth-order valence-electron chi connectivity index (χ4n) is 5.34. The van der Waals surface area contributed by atoms with Crippen molar-refractivity contribution in [2.75, 3.05) is 0 Å². The summed E-state index contributed by atoms with van der Waals surface area (Å²) in [5.41, 5.74) is 1.02. The molecule has 2 amide bonds. The van der Waals surface area contributed by atoms with Crippen molar-refractivity contribution >= 4 is 11.8 Å². The summed E-state index contributed by atoms with van der Waals surface area (Å²) in [6, 6.07) is 0.391. The van der Waals surface area contributed by atoms with E-state index in [2.05, 4.69) is 29.5 Å². The van der Waals surface area contributed by atoms with E-state index in [0.29, 0.717) is 11.8 Å². The summed E-state index contributed by atoms with van der Waals surface area (Å²) >= 11 is 0. The average Bonchev–Trinajstić information content (AvgIpc) is 3.09. The predicted octanol–water partition coefficient (Wildman–Crippen LogP) is 2.89. The first kappa shape index (κ1) is 19.5. The Balaban J connectivity index is 1.24. The number of aryl methyl sites for hydroxylation is 1. The van der Waals surface area contributed by atoms with Crippen molar-refractivity contribution in [2.24, 2.45) is 24.3 Å². The second-order valence-corrected chi connectivity index (χ2v) is 9.80. The van der Waals surface area contributed by atoms with Crippen molar-refractivity contribution in [3.8, 4) is 0 Å². The SMILES string of the molecule is CC(C)CC1(C(=O)N[C@@H]2CC[C@H](NC(=O)[C@@H]3C[C@H]3c3cncn3C)C2)CCC1. The lowest BCUT2D eigenvalue weighted by molar-refractivity contribution is -0.138. The predicted molar refractivity (Wildman–Crippen MR) is 108 cm³/mol. The number of carbonyl (C=O) groups is 2. The fraction of sp³-hybridized carbons (Fsp3) is 0.773. The maximum Gasteiger partial charge on any atom is 0.226 e. The Morgan fingerprint density at radius 3 is 2.50 bits per heavy atom.